The van der Waals surface area contributed by atoms with E-state index in [1.165, 1.54) is 36.3 Å². The second kappa shape index (κ2) is 15.3. The zero-order chi connectivity index (χ0) is 33.4. The van der Waals surface area contributed by atoms with Gasteiger partial charge in [-0.2, -0.15) is 0 Å². The average Bonchev–Trinajstić information content (AvgIpc) is 3.59. The number of hydrogen-bond donors (Lipinski definition) is 1. The SMILES string of the molecule is COc1ccccc1N(CC(=O)N(Cc1ccc(F)cc1)C(Cc1ccccc1)C(=O)NC1CCCC1)S(=O)(=O)c1ccc(C)cc1. The third-order valence-electron chi connectivity index (χ3n) is 8.48. The van der Waals surface area contributed by atoms with E-state index in [9.17, 15) is 22.4 Å². The Bertz CT molecular complexity index is 1760. The van der Waals surface area contributed by atoms with Crippen LogP contribution in [-0.4, -0.2) is 50.9 Å². The van der Waals surface area contributed by atoms with E-state index in [2.05, 4.69) is 5.32 Å². The van der Waals surface area contributed by atoms with Gasteiger partial charge in [0, 0.05) is 19.0 Å². The van der Waals surface area contributed by atoms with Gasteiger partial charge in [-0.05, 0) is 67.3 Å². The van der Waals surface area contributed by atoms with E-state index in [1.54, 1.807) is 48.5 Å². The number of sulfonamides is 1. The van der Waals surface area contributed by atoms with E-state index in [-0.39, 0.29) is 41.2 Å². The van der Waals surface area contributed by atoms with Gasteiger partial charge in [0.2, 0.25) is 11.8 Å². The van der Waals surface area contributed by atoms with Gasteiger partial charge in [0.05, 0.1) is 17.7 Å². The van der Waals surface area contributed by atoms with Gasteiger partial charge < -0.3 is 15.0 Å². The molecule has 2 amide bonds. The fraction of sp³-hybridized carbons (Fsp3) is 0.297. The number of carbonyl (C=O) groups is 2. The number of benzene rings is 4. The number of para-hydroxylation sites is 2. The Labute approximate surface area is 276 Å². The van der Waals surface area contributed by atoms with Crippen LogP contribution in [0.15, 0.2) is 108 Å². The Kier molecular flexibility index (Phi) is 10.9. The molecule has 1 atom stereocenters. The van der Waals surface area contributed by atoms with Crippen molar-refractivity contribution in [3.8, 4) is 5.75 Å². The van der Waals surface area contributed by atoms with Gasteiger partial charge in [0.1, 0.15) is 24.2 Å². The van der Waals surface area contributed by atoms with Crippen LogP contribution in [0.3, 0.4) is 0 Å². The summed E-state index contributed by atoms with van der Waals surface area (Å²) in [4.78, 5) is 30.1. The zero-order valence-corrected chi connectivity index (χ0v) is 27.5. The van der Waals surface area contributed by atoms with Crippen LogP contribution in [0.5, 0.6) is 5.75 Å². The summed E-state index contributed by atoms with van der Waals surface area (Å²) < 4.78 is 49.0. The van der Waals surface area contributed by atoms with Gasteiger partial charge >= 0.3 is 0 Å². The van der Waals surface area contributed by atoms with Gasteiger partial charge in [-0.1, -0.05) is 85.1 Å². The molecule has 0 aromatic heterocycles. The summed E-state index contributed by atoms with van der Waals surface area (Å²) in [6.45, 7) is 1.20. The normalized spacial score (nSPS) is 13.9. The standard InChI is InChI=1S/C37H40FN3O5S/c1-27-16-22-32(23-17-27)47(44,45)41(33-14-8-9-15-35(33)46-2)26-36(42)40(25-29-18-20-30(38)21-19-29)34(24-28-10-4-3-5-11-28)37(43)39-31-12-6-7-13-31/h3-5,8-11,14-23,31,34H,6-7,12-13,24-26H2,1-2H3,(H,39,43). The molecule has 246 valence electrons. The summed E-state index contributed by atoms with van der Waals surface area (Å²) in [5, 5.41) is 3.15. The van der Waals surface area contributed by atoms with Crippen LogP contribution in [-0.2, 0) is 32.6 Å². The van der Waals surface area contributed by atoms with E-state index < -0.39 is 34.3 Å². The molecule has 0 heterocycles. The van der Waals surface area contributed by atoms with Crippen molar-refractivity contribution in [2.45, 2.75) is 62.6 Å². The summed E-state index contributed by atoms with van der Waals surface area (Å²) in [6, 6.07) is 27.1. The van der Waals surface area contributed by atoms with Crippen molar-refractivity contribution in [2.24, 2.45) is 0 Å². The van der Waals surface area contributed by atoms with E-state index in [0.29, 0.717) is 5.56 Å². The van der Waals surface area contributed by atoms with Crippen LogP contribution in [0.1, 0.15) is 42.4 Å². The number of nitrogens with one attached hydrogen (secondary N) is 1. The molecule has 1 fully saturated rings. The average molecular weight is 658 g/mol. The Morgan fingerprint density at radius 1 is 0.872 bits per heavy atom. The molecule has 1 unspecified atom stereocenters. The lowest BCUT2D eigenvalue weighted by Gasteiger charge is -2.34. The first kappa shape index (κ1) is 33.7. The lowest BCUT2D eigenvalue weighted by molar-refractivity contribution is -0.140. The number of methoxy groups -OCH3 is 1. The Morgan fingerprint density at radius 3 is 2.17 bits per heavy atom. The summed E-state index contributed by atoms with van der Waals surface area (Å²) >= 11 is 0. The largest absolute Gasteiger partial charge is 0.495 e. The molecule has 0 aliphatic heterocycles. The van der Waals surface area contributed by atoms with E-state index in [4.69, 9.17) is 4.74 Å². The summed E-state index contributed by atoms with van der Waals surface area (Å²) in [6.07, 6.45) is 3.93. The van der Waals surface area contributed by atoms with Crippen LogP contribution in [0.4, 0.5) is 10.1 Å². The molecule has 1 aliphatic rings. The van der Waals surface area contributed by atoms with Crippen LogP contribution >= 0.6 is 0 Å². The maximum atomic E-state index is 14.6. The number of rotatable bonds is 13. The third kappa shape index (κ3) is 8.37. The van der Waals surface area contributed by atoms with E-state index in [1.807, 2.05) is 37.3 Å². The fourth-order valence-electron chi connectivity index (χ4n) is 5.89. The van der Waals surface area contributed by atoms with Crippen molar-refractivity contribution in [2.75, 3.05) is 18.0 Å². The first-order chi connectivity index (χ1) is 22.7. The topological polar surface area (TPSA) is 96.0 Å². The lowest BCUT2D eigenvalue weighted by atomic mass is 10.0. The number of nitrogens with zero attached hydrogens (tertiary/aromatic N) is 2. The highest BCUT2D eigenvalue weighted by molar-refractivity contribution is 7.92. The first-order valence-corrected chi connectivity index (χ1v) is 17.2. The predicted molar refractivity (Wildman–Crippen MR) is 180 cm³/mol. The molecule has 1 saturated carbocycles. The molecule has 1 aliphatic carbocycles. The minimum absolute atomic E-state index is 0.00413. The van der Waals surface area contributed by atoms with Crippen LogP contribution in [0.25, 0.3) is 0 Å². The minimum atomic E-state index is -4.28. The quantitative estimate of drug-likeness (QED) is 0.189. The highest BCUT2D eigenvalue weighted by Gasteiger charge is 2.36. The van der Waals surface area contributed by atoms with Crippen LogP contribution in [0, 0.1) is 12.7 Å². The van der Waals surface area contributed by atoms with Crippen molar-refractivity contribution >= 4 is 27.5 Å². The van der Waals surface area contributed by atoms with Crippen molar-refractivity contribution in [3.63, 3.8) is 0 Å². The molecular weight excluding hydrogens is 617 g/mol. The number of anilines is 1. The molecule has 4 aromatic rings. The van der Waals surface area contributed by atoms with Crippen molar-refractivity contribution in [1.82, 2.24) is 10.2 Å². The summed E-state index contributed by atoms with van der Waals surface area (Å²) in [7, 11) is -2.85. The molecule has 0 bridgehead atoms. The van der Waals surface area contributed by atoms with Crippen molar-refractivity contribution in [3.05, 3.63) is 126 Å². The number of hydrogen-bond acceptors (Lipinski definition) is 5. The molecule has 1 N–H and O–H groups in total. The van der Waals surface area contributed by atoms with Crippen molar-refractivity contribution < 1.29 is 27.1 Å². The molecule has 5 rings (SSSR count). The van der Waals surface area contributed by atoms with Gasteiger partial charge in [-0.25, -0.2) is 12.8 Å². The Hall–Kier alpha value is -4.70. The van der Waals surface area contributed by atoms with Crippen molar-refractivity contribution in [1.29, 1.82) is 0 Å². The zero-order valence-electron chi connectivity index (χ0n) is 26.6. The van der Waals surface area contributed by atoms with Crippen LogP contribution < -0.4 is 14.4 Å². The van der Waals surface area contributed by atoms with E-state index in [0.717, 1.165) is 41.1 Å². The molecule has 8 nitrogen and oxygen atoms in total. The smallest absolute Gasteiger partial charge is 0.264 e. The van der Waals surface area contributed by atoms with Gasteiger partial charge in [-0.3, -0.25) is 13.9 Å². The number of ether oxygens (including phenoxy) is 1. The molecule has 0 spiro atoms. The van der Waals surface area contributed by atoms with Crippen LogP contribution in [0.2, 0.25) is 0 Å². The summed E-state index contributed by atoms with van der Waals surface area (Å²) in [5.74, 6) is -1.08. The molecule has 10 heteroatoms. The number of halogens is 1. The highest BCUT2D eigenvalue weighted by Crippen LogP contribution is 2.33. The monoisotopic (exact) mass is 657 g/mol. The maximum Gasteiger partial charge on any atom is 0.264 e. The van der Waals surface area contributed by atoms with E-state index >= 15 is 0 Å². The lowest BCUT2D eigenvalue weighted by Crippen LogP contribution is -2.54. The summed E-state index contributed by atoms with van der Waals surface area (Å²) in [5.41, 5.74) is 2.49. The Balaban J connectivity index is 1.58. The molecule has 0 saturated heterocycles. The Morgan fingerprint density at radius 2 is 1.51 bits per heavy atom. The maximum absolute atomic E-state index is 14.6. The second-order valence-electron chi connectivity index (χ2n) is 11.8. The second-order valence-corrected chi connectivity index (χ2v) is 13.7. The molecule has 0 radical (unpaired) electrons. The number of carbonyl (C=O) groups excluding carboxylic acids is 2. The minimum Gasteiger partial charge on any atom is -0.495 e. The first-order valence-electron chi connectivity index (χ1n) is 15.8. The molecular formula is C37H40FN3O5S. The predicted octanol–water partition coefficient (Wildman–Crippen LogP) is 6.04. The third-order valence-corrected chi connectivity index (χ3v) is 10.3. The molecule has 4 aromatic carbocycles. The fourth-order valence-corrected chi connectivity index (χ4v) is 7.32. The highest BCUT2D eigenvalue weighted by atomic mass is 32.2. The van der Waals surface area contributed by atoms with Gasteiger partial charge in [-0.15, -0.1) is 0 Å². The van der Waals surface area contributed by atoms with Gasteiger partial charge in [0.15, 0.2) is 0 Å². The van der Waals surface area contributed by atoms with Gasteiger partial charge in [0.25, 0.3) is 10.0 Å². The number of amides is 2. The number of aryl methyl sites for hydroxylation is 1. The molecule has 47 heavy (non-hydrogen) atoms.